The molecule has 0 saturated heterocycles. The number of anilines is 1. The number of rotatable bonds is 5. The lowest BCUT2D eigenvalue weighted by Crippen LogP contribution is -2.20. The van der Waals surface area contributed by atoms with Gasteiger partial charge in [0.05, 0.1) is 16.8 Å². The summed E-state index contributed by atoms with van der Waals surface area (Å²) < 4.78 is 16.6. The number of aryl methyl sites for hydroxylation is 1. The number of nitrogens with zero attached hydrogens (tertiary/aromatic N) is 2. The monoisotopic (exact) mass is 352 g/mol. The second kappa shape index (κ2) is 7.12. The highest BCUT2D eigenvalue weighted by atomic mass is 19.1. The van der Waals surface area contributed by atoms with E-state index in [0.717, 1.165) is 5.56 Å². The number of hydrogen-bond acceptors (Lipinski definition) is 3. The van der Waals surface area contributed by atoms with E-state index in [0.29, 0.717) is 24.3 Å². The fourth-order valence-electron chi connectivity index (χ4n) is 3.15. The molecule has 1 aromatic heterocycles. The average molecular weight is 352 g/mol. The lowest BCUT2D eigenvalue weighted by atomic mass is 10.1. The van der Waals surface area contributed by atoms with E-state index in [1.54, 1.807) is 12.3 Å². The first kappa shape index (κ1) is 17.9. The Hall–Kier alpha value is -2.95. The van der Waals surface area contributed by atoms with Gasteiger partial charge in [0.15, 0.2) is 11.2 Å². The number of hydrogen-bond donors (Lipinski definition) is 0. The summed E-state index contributed by atoms with van der Waals surface area (Å²) in [7, 11) is 1.82. The third-order valence-corrected chi connectivity index (χ3v) is 4.54. The van der Waals surface area contributed by atoms with Crippen molar-refractivity contribution in [1.82, 2.24) is 4.57 Å². The van der Waals surface area contributed by atoms with Gasteiger partial charge in [0.1, 0.15) is 5.82 Å². The molecule has 4 nitrogen and oxygen atoms in total. The molecule has 1 heterocycles. The Morgan fingerprint density at radius 1 is 1.19 bits per heavy atom. The Morgan fingerprint density at radius 2 is 1.88 bits per heavy atom. The Kier molecular flexibility index (Phi) is 4.89. The van der Waals surface area contributed by atoms with Gasteiger partial charge >= 0.3 is 0 Å². The second-order valence-corrected chi connectivity index (χ2v) is 6.38. The summed E-state index contributed by atoms with van der Waals surface area (Å²) in [6, 6.07) is 12.7. The van der Waals surface area contributed by atoms with Crippen LogP contribution in [-0.4, -0.2) is 17.4 Å². The first-order chi connectivity index (χ1) is 12.4. The molecule has 0 aliphatic heterocycles. The Bertz CT molecular complexity index is 1030. The molecule has 0 saturated carbocycles. The van der Waals surface area contributed by atoms with Crippen LogP contribution in [0.15, 0.2) is 53.5 Å². The minimum Gasteiger partial charge on any atom is -0.368 e. The highest BCUT2D eigenvalue weighted by Crippen LogP contribution is 2.25. The second-order valence-electron chi connectivity index (χ2n) is 6.38. The van der Waals surface area contributed by atoms with Crippen molar-refractivity contribution < 1.29 is 9.18 Å². The molecule has 3 aromatic rings. The van der Waals surface area contributed by atoms with Crippen LogP contribution in [0.1, 0.15) is 29.8 Å². The average Bonchev–Trinajstić information content (AvgIpc) is 2.62. The standard InChI is InChI=1S/C21H21FN2O2/c1-4-24-13-17(14(2)25)21(26)16-10-18(22)20(11-19(16)24)23(3)12-15-8-6-5-7-9-15/h5-11,13H,4,12H2,1-3H3. The summed E-state index contributed by atoms with van der Waals surface area (Å²) in [6.07, 6.45) is 1.56. The van der Waals surface area contributed by atoms with Crippen molar-refractivity contribution in [3.63, 3.8) is 0 Å². The number of pyridine rings is 1. The summed E-state index contributed by atoms with van der Waals surface area (Å²) in [6.45, 7) is 4.39. The van der Waals surface area contributed by atoms with Gasteiger partial charge in [0.25, 0.3) is 0 Å². The molecule has 3 rings (SSSR count). The van der Waals surface area contributed by atoms with Crippen LogP contribution in [-0.2, 0) is 13.1 Å². The van der Waals surface area contributed by atoms with Gasteiger partial charge in [-0.3, -0.25) is 9.59 Å². The maximum Gasteiger partial charge on any atom is 0.200 e. The van der Waals surface area contributed by atoms with Crippen LogP contribution >= 0.6 is 0 Å². The summed E-state index contributed by atoms with van der Waals surface area (Å²) in [5.41, 5.74) is 1.77. The topological polar surface area (TPSA) is 42.3 Å². The first-order valence-electron chi connectivity index (χ1n) is 8.55. The number of carbonyl (C=O) groups is 1. The number of benzene rings is 2. The van der Waals surface area contributed by atoms with Crippen molar-refractivity contribution in [3.05, 3.63) is 75.8 Å². The van der Waals surface area contributed by atoms with Crippen molar-refractivity contribution in [2.45, 2.75) is 26.9 Å². The van der Waals surface area contributed by atoms with Crippen LogP contribution in [0.4, 0.5) is 10.1 Å². The minimum atomic E-state index is -0.476. The van der Waals surface area contributed by atoms with Gasteiger partial charge in [-0.25, -0.2) is 4.39 Å². The van der Waals surface area contributed by atoms with Gasteiger partial charge in [-0.2, -0.15) is 0 Å². The fourth-order valence-corrected chi connectivity index (χ4v) is 3.15. The van der Waals surface area contributed by atoms with Gasteiger partial charge in [0.2, 0.25) is 0 Å². The zero-order chi connectivity index (χ0) is 18.8. The molecule has 0 atom stereocenters. The molecular weight excluding hydrogens is 331 g/mol. The molecule has 2 aromatic carbocycles. The molecule has 0 fully saturated rings. The molecule has 0 aliphatic carbocycles. The third kappa shape index (κ3) is 3.25. The van der Waals surface area contributed by atoms with Gasteiger partial charge < -0.3 is 9.47 Å². The number of aromatic nitrogens is 1. The predicted molar refractivity (Wildman–Crippen MR) is 102 cm³/mol. The highest BCUT2D eigenvalue weighted by molar-refractivity contribution is 5.97. The zero-order valence-corrected chi connectivity index (χ0v) is 15.1. The van der Waals surface area contributed by atoms with Crippen LogP contribution in [0.5, 0.6) is 0 Å². The summed E-state index contributed by atoms with van der Waals surface area (Å²) >= 11 is 0. The number of carbonyl (C=O) groups excluding carboxylic acids is 1. The molecule has 0 unspecified atom stereocenters. The van der Waals surface area contributed by atoms with E-state index in [4.69, 9.17) is 0 Å². The minimum absolute atomic E-state index is 0.0872. The molecule has 0 spiro atoms. The number of fused-ring (bicyclic) bond motifs is 1. The van der Waals surface area contributed by atoms with Gasteiger partial charge in [-0.1, -0.05) is 30.3 Å². The molecule has 26 heavy (non-hydrogen) atoms. The van der Waals surface area contributed by atoms with Crippen molar-refractivity contribution in [2.24, 2.45) is 0 Å². The lowest BCUT2D eigenvalue weighted by Gasteiger charge is -2.21. The lowest BCUT2D eigenvalue weighted by molar-refractivity contribution is 0.101. The number of halogens is 1. The Morgan fingerprint density at radius 3 is 2.50 bits per heavy atom. The normalized spacial score (nSPS) is 10.9. The smallest absolute Gasteiger partial charge is 0.200 e. The molecule has 0 N–H and O–H groups in total. The summed E-state index contributed by atoms with van der Waals surface area (Å²) in [5.74, 6) is -0.791. The SMILES string of the molecule is CCn1cc(C(C)=O)c(=O)c2cc(F)c(N(C)Cc3ccccc3)cc21. The van der Waals surface area contributed by atoms with Crippen molar-refractivity contribution in [1.29, 1.82) is 0 Å². The maximum atomic E-state index is 14.7. The third-order valence-electron chi connectivity index (χ3n) is 4.54. The Balaban J connectivity index is 2.14. The van der Waals surface area contributed by atoms with E-state index in [2.05, 4.69) is 0 Å². The van der Waals surface area contributed by atoms with Crippen LogP contribution < -0.4 is 10.3 Å². The Labute approximate surface area is 151 Å². The van der Waals surface area contributed by atoms with Crippen molar-refractivity contribution >= 4 is 22.4 Å². The van der Waals surface area contributed by atoms with Gasteiger partial charge in [-0.15, -0.1) is 0 Å². The maximum absolute atomic E-state index is 14.7. The molecule has 134 valence electrons. The van der Waals surface area contributed by atoms with E-state index in [9.17, 15) is 14.0 Å². The van der Waals surface area contributed by atoms with Crippen molar-refractivity contribution in [3.8, 4) is 0 Å². The van der Waals surface area contributed by atoms with Crippen LogP contribution in [0.25, 0.3) is 10.9 Å². The predicted octanol–water partition coefficient (Wildman–Crippen LogP) is 4.00. The highest BCUT2D eigenvalue weighted by Gasteiger charge is 2.16. The fraction of sp³-hybridized carbons (Fsp3) is 0.238. The van der Waals surface area contributed by atoms with Gasteiger partial charge in [0, 0.05) is 31.7 Å². The van der Waals surface area contributed by atoms with E-state index in [1.807, 2.05) is 53.8 Å². The largest absolute Gasteiger partial charge is 0.368 e. The van der Waals surface area contributed by atoms with Crippen LogP contribution in [0, 0.1) is 5.82 Å². The number of Topliss-reactive ketones (excluding diaryl/α,β-unsaturated/α-hetero) is 1. The quantitative estimate of drug-likeness (QED) is 0.652. The van der Waals surface area contributed by atoms with Crippen LogP contribution in [0.2, 0.25) is 0 Å². The van der Waals surface area contributed by atoms with Crippen molar-refractivity contribution in [2.75, 3.05) is 11.9 Å². The molecule has 0 amide bonds. The molecule has 5 heteroatoms. The summed E-state index contributed by atoms with van der Waals surface area (Å²) in [4.78, 5) is 26.1. The zero-order valence-electron chi connectivity index (χ0n) is 15.1. The molecular formula is C21H21FN2O2. The number of ketones is 1. The molecule has 0 aliphatic rings. The van der Waals surface area contributed by atoms with Gasteiger partial charge in [-0.05, 0) is 31.5 Å². The van der Waals surface area contributed by atoms with Crippen LogP contribution in [0.3, 0.4) is 0 Å². The molecule has 0 radical (unpaired) electrons. The summed E-state index contributed by atoms with van der Waals surface area (Å²) in [5, 5.41) is 0.230. The van der Waals surface area contributed by atoms with E-state index < -0.39 is 11.2 Å². The van der Waals surface area contributed by atoms with E-state index >= 15 is 0 Å². The first-order valence-corrected chi connectivity index (χ1v) is 8.55. The van der Waals surface area contributed by atoms with E-state index in [1.165, 1.54) is 13.0 Å². The van der Waals surface area contributed by atoms with E-state index in [-0.39, 0.29) is 16.7 Å². The molecule has 0 bridgehead atoms.